The number of halogens is 4. The second-order valence-corrected chi connectivity index (χ2v) is 5.24. The van der Waals surface area contributed by atoms with Gasteiger partial charge in [-0.3, -0.25) is 4.79 Å². The first-order valence-corrected chi connectivity index (χ1v) is 7.04. The fourth-order valence-electron chi connectivity index (χ4n) is 2.38. The largest absolute Gasteiger partial charge is 0.391 e. The lowest BCUT2D eigenvalue weighted by Crippen LogP contribution is -2.39. The summed E-state index contributed by atoms with van der Waals surface area (Å²) in [4.78, 5) is 21.4. The molecule has 1 fully saturated rings. The Balaban J connectivity index is 2.03. The van der Waals surface area contributed by atoms with Gasteiger partial charge in [0.2, 0.25) is 5.95 Å². The summed E-state index contributed by atoms with van der Waals surface area (Å²) in [6.07, 6.45) is -1.64. The van der Waals surface area contributed by atoms with Crippen LogP contribution in [0.2, 0.25) is 0 Å². The second-order valence-electron chi connectivity index (χ2n) is 5.24. The predicted octanol–water partition coefficient (Wildman–Crippen LogP) is 2.25. The number of carbonyl (C=O) groups excluding carboxylic acids is 1. The quantitative estimate of drug-likeness (QED) is 0.520. The number of piperidine rings is 1. The zero-order valence-corrected chi connectivity index (χ0v) is 12.2. The van der Waals surface area contributed by atoms with Gasteiger partial charge < -0.3 is 10.6 Å². The summed E-state index contributed by atoms with van der Waals surface area (Å²) >= 11 is 0. The number of Topliss-reactive ketones (excluding diaryl/α,β-unsaturated/α-hetero) is 1. The molecule has 2 rings (SSSR count). The molecule has 9 heteroatoms. The molecule has 126 valence electrons. The first kappa shape index (κ1) is 17.3. The number of hydrogen-bond donors (Lipinski definition) is 1. The molecule has 1 aromatic heterocycles. The Labute approximate surface area is 130 Å². The van der Waals surface area contributed by atoms with Gasteiger partial charge in [0.05, 0.1) is 17.8 Å². The van der Waals surface area contributed by atoms with Gasteiger partial charge >= 0.3 is 6.18 Å². The predicted molar refractivity (Wildman–Crippen MR) is 75.6 cm³/mol. The summed E-state index contributed by atoms with van der Waals surface area (Å²) in [6, 6.07) is 0. The first-order chi connectivity index (χ1) is 10.9. The standard InChI is InChI=1S/C14H16F4N4O/c15-5-9(6-19)12(23)10-7-20-13(21-8-10)22-3-1-11(2-4-22)14(16,17)18/h5,7-8,11H,1-4,6,19H2/b9-5+. The minimum Gasteiger partial charge on any atom is -0.341 e. The highest BCUT2D eigenvalue weighted by Crippen LogP contribution is 2.34. The van der Waals surface area contributed by atoms with Crippen molar-refractivity contribution in [3.05, 3.63) is 29.9 Å². The van der Waals surface area contributed by atoms with Crippen molar-refractivity contribution in [1.29, 1.82) is 0 Å². The number of aromatic nitrogens is 2. The molecular weight excluding hydrogens is 316 g/mol. The topological polar surface area (TPSA) is 72.1 Å². The van der Waals surface area contributed by atoms with Crippen LogP contribution in [0.4, 0.5) is 23.5 Å². The molecule has 0 atom stereocenters. The van der Waals surface area contributed by atoms with Crippen LogP contribution in [-0.2, 0) is 0 Å². The lowest BCUT2D eigenvalue weighted by atomic mass is 9.96. The van der Waals surface area contributed by atoms with Crippen LogP contribution in [0.15, 0.2) is 24.3 Å². The molecule has 2 heterocycles. The van der Waals surface area contributed by atoms with Crippen molar-refractivity contribution in [3.8, 4) is 0 Å². The minimum atomic E-state index is -4.18. The van der Waals surface area contributed by atoms with Gasteiger partial charge in [0.15, 0.2) is 5.78 Å². The molecule has 1 aromatic rings. The Morgan fingerprint density at radius 1 is 1.30 bits per heavy atom. The zero-order valence-electron chi connectivity index (χ0n) is 12.2. The molecule has 23 heavy (non-hydrogen) atoms. The van der Waals surface area contributed by atoms with E-state index in [0.29, 0.717) is 0 Å². The fraction of sp³-hybridized carbons (Fsp3) is 0.500. The highest BCUT2D eigenvalue weighted by atomic mass is 19.4. The number of alkyl halides is 3. The molecule has 1 saturated heterocycles. The Morgan fingerprint density at radius 2 is 1.87 bits per heavy atom. The van der Waals surface area contributed by atoms with E-state index in [-0.39, 0.29) is 55.9 Å². The smallest absolute Gasteiger partial charge is 0.341 e. The van der Waals surface area contributed by atoms with E-state index in [1.165, 1.54) is 12.4 Å². The molecule has 0 bridgehead atoms. The molecule has 1 aliphatic heterocycles. The van der Waals surface area contributed by atoms with Crippen molar-refractivity contribution < 1.29 is 22.4 Å². The van der Waals surface area contributed by atoms with E-state index in [0.717, 1.165) is 0 Å². The van der Waals surface area contributed by atoms with Crippen molar-refractivity contribution in [2.24, 2.45) is 11.7 Å². The second kappa shape index (κ2) is 7.03. The van der Waals surface area contributed by atoms with Crippen LogP contribution in [0.1, 0.15) is 23.2 Å². The number of nitrogens with zero attached hydrogens (tertiary/aromatic N) is 3. The van der Waals surface area contributed by atoms with Gasteiger partial charge in [0.1, 0.15) is 0 Å². The summed E-state index contributed by atoms with van der Waals surface area (Å²) in [5, 5.41) is 0. The molecule has 2 N–H and O–H groups in total. The summed E-state index contributed by atoms with van der Waals surface area (Å²) in [7, 11) is 0. The fourth-order valence-corrected chi connectivity index (χ4v) is 2.38. The summed E-state index contributed by atoms with van der Waals surface area (Å²) in [5.74, 6) is -1.67. The van der Waals surface area contributed by atoms with Crippen LogP contribution in [0, 0.1) is 5.92 Å². The SMILES string of the molecule is NC/C(=C\F)C(=O)c1cnc(N2CCC(C(F)(F)F)CC2)nc1. The van der Waals surface area contributed by atoms with Gasteiger partial charge in [0, 0.05) is 37.6 Å². The van der Waals surface area contributed by atoms with Crippen molar-refractivity contribution in [2.45, 2.75) is 19.0 Å². The van der Waals surface area contributed by atoms with Crippen LogP contribution >= 0.6 is 0 Å². The van der Waals surface area contributed by atoms with E-state index in [2.05, 4.69) is 9.97 Å². The van der Waals surface area contributed by atoms with Crippen LogP contribution in [0.5, 0.6) is 0 Å². The normalized spacial score (nSPS) is 17.4. The Hall–Kier alpha value is -2.03. The van der Waals surface area contributed by atoms with E-state index in [1.54, 1.807) is 4.90 Å². The Bertz CT molecular complexity index is 577. The van der Waals surface area contributed by atoms with Crippen LogP contribution in [0.3, 0.4) is 0 Å². The molecular formula is C14H16F4N4O. The molecule has 0 radical (unpaired) electrons. The highest BCUT2D eigenvalue weighted by Gasteiger charge is 2.41. The lowest BCUT2D eigenvalue weighted by Gasteiger charge is -2.32. The molecule has 0 amide bonds. The van der Waals surface area contributed by atoms with Gasteiger partial charge in [-0.2, -0.15) is 13.2 Å². The van der Waals surface area contributed by atoms with Crippen molar-refractivity contribution in [3.63, 3.8) is 0 Å². The third-order valence-corrected chi connectivity index (χ3v) is 3.78. The van der Waals surface area contributed by atoms with E-state index >= 15 is 0 Å². The van der Waals surface area contributed by atoms with Gasteiger partial charge in [-0.05, 0) is 12.8 Å². The highest BCUT2D eigenvalue weighted by molar-refractivity contribution is 6.08. The average molecular weight is 332 g/mol. The molecule has 0 spiro atoms. The van der Waals surface area contributed by atoms with E-state index < -0.39 is 17.9 Å². The van der Waals surface area contributed by atoms with Gasteiger partial charge in [-0.25, -0.2) is 14.4 Å². The Morgan fingerprint density at radius 3 is 2.30 bits per heavy atom. The van der Waals surface area contributed by atoms with Gasteiger partial charge in [0.25, 0.3) is 0 Å². The van der Waals surface area contributed by atoms with Crippen LogP contribution in [-0.4, -0.2) is 41.6 Å². The van der Waals surface area contributed by atoms with Crippen LogP contribution in [0.25, 0.3) is 0 Å². The number of ketones is 1. The average Bonchev–Trinajstić information content (AvgIpc) is 2.55. The van der Waals surface area contributed by atoms with Crippen molar-refractivity contribution in [1.82, 2.24) is 9.97 Å². The van der Waals surface area contributed by atoms with Crippen LogP contribution < -0.4 is 10.6 Å². The lowest BCUT2D eigenvalue weighted by molar-refractivity contribution is -0.179. The summed E-state index contributed by atoms with van der Waals surface area (Å²) < 4.78 is 50.4. The maximum absolute atomic E-state index is 12.6. The molecule has 5 nitrogen and oxygen atoms in total. The number of rotatable bonds is 4. The van der Waals surface area contributed by atoms with E-state index in [1.807, 2.05) is 0 Å². The molecule has 0 unspecified atom stereocenters. The monoisotopic (exact) mass is 332 g/mol. The number of anilines is 1. The maximum atomic E-state index is 12.6. The molecule has 0 aromatic carbocycles. The third kappa shape index (κ3) is 4.04. The maximum Gasteiger partial charge on any atom is 0.391 e. The first-order valence-electron chi connectivity index (χ1n) is 7.04. The zero-order chi connectivity index (χ0) is 17.0. The number of nitrogens with two attached hydrogens (primary N) is 1. The molecule has 0 saturated carbocycles. The molecule has 1 aliphatic rings. The summed E-state index contributed by atoms with van der Waals surface area (Å²) in [6.45, 7) is 0.133. The van der Waals surface area contributed by atoms with Gasteiger partial charge in [-0.15, -0.1) is 0 Å². The van der Waals surface area contributed by atoms with E-state index in [4.69, 9.17) is 5.73 Å². The number of hydrogen-bond acceptors (Lipinski definition) is 5. The minimum absolute atomic E-state index is 0.0184. The van der Waals surface area contributed by atoms with Gasteiger partial charge in [-0.1, -0.05) is 0 Å². The molecule has 0 aliphatic carbocycles. The third-order valence-electron chi connectivity index (χ3n) is 3.78. The summed E-state index contributed by atoms with van der Waals surface area (Å²) in [5.41, 5.74) is 5.12. The van der Waals surface area contributed by atoms with Crippen molar-refractivity contribution >= 4 is 11.7 Å². The Kier molecular flexibility index (Phi) is 5.30. The van der Waals surface area contributed by atoms with E-state index in [9.17, 15) is 22.4 Å². The number of carbonyl (C=O) groups is 1. The van der Waals surface area contributed by atoms with Crippen molar-refractivity contribution in [2.75, 3.05) is 24.5 Å².